The van der Waals surface area contributed by atoms with E-state index in [0.29, 0.717) is 11.5 Å². The largest absolute Gasteiger partial charge is 0.329 e. The fourth-order valence-corrected chi connectivity index (χ4v) is 3.33. The van der Waals surface area contributed by atoms with Crippen molar-refractivity contribution in [3.63, 3.8) is 0 Å². The molecule has 1 unspecified atom stereocenters. The molecule has 27 heavy (non-hydrogen) atoms. The van der Waals surface area contributed by atoms with Crippen LogP contribution in [0.5, 0.6) is 0 Å². The lowest BCUT2D eigenvalue weighted by Gasteiger charge is -2.38. The van der Waals surface area contributed by atoms with Gasteiger partial charge < -0.3 is 14.8 Å². The zero-order valence-corrected chi connectivity index (χ0v) is 17.2. The maximum Gasteiger partial charge on any atom is 0.254 e. The van der Waals surface area contributed by atoms with Crippen molar-refractivity contribution in [1.82, 2.24) is 9.88 Å². The van der Waals surface area contributed by atoms with E-state index < -0.39 is 6.29 Å². The van der Waals surface area contributed by atoms with Crippen LogP contribution in [0.1, 0.15) is 56.1 Å². The van der Waals surface area contributed by atoms with Gasteiger partial charge in [-0.15, -0.1) is 0 Å². The summed E-state index contributed by atoms with van der Waals surface area (Å²) >= 11 is 0. The number of anilines is 1. The summed E-state index contributed by atoms with van der Waals surface area (Å²) in [6, 6.07) is 9.71. The molecule has 144 valence electrons. The van der Waals surface area contributed by atoms with Gasteiger partial charge in [0.2, 0.25) is 0 Å². The number of carbonyl (C=O) groups excluding carboxylic acids is 1. The summed E-state index contributed by atoms with van der Waals surface area (Å²) in [6.45, 7) is 13.7. The molecule has 1 aromatic carbocycles. The highest BCUT2D eigenvalue weighted by Crippen LogP contribution is 2.32. The molecule has 0 bridgehead atoms. The van der Waals surface area contributed by atoms with Gasteiger partial charge in [-0.2, -0.15) is 0 Å². The smallest absolute Gasteiger partial charge is 0.254 e. The van der Waals surface area contributed by atoms with E-state index in [-0.39, 0.29) is 11.4 Å². The van der Waals surface area contributed by atoms with Crippen LogP contribution in [0.4, 0.5) is 5.82 Å². The Bertz CT molecular complexity index is 840. The van der Waals surface area contributed by atoms with E-state index in [4.69, 9.17) is 0 Å². The molecule has 1 aliphatic rings. The number of carbonyl (C=O) groups is 1. The van der Waals surface area contributed by atoms with E-state index in [1.807, 2.05) is 37.4 Å². The van der Waals surface area contributed by atoms with Gasteiger partial charge in [0.05, 0.1) is 0 Å². The average molecular weight is 367 g/mol. The summed E-state index contributed by atoms with van der Waals surface area (Å²) in [6.07, 6.45) is 3.56. The van der Waals surface area contributed by atoms with Crippen molar-refractivity contribution in [2.45, 2.75) is 53.4 Å². The first-order chi connectivity index (χ1) is 12.7. The highest BCUT2D eigenvalue weighted by atomic mass is 16.2. The lowest BCUT2D eigenvalue weighted by atomic mass is 10.1. The molecule has 0 spiro atoms. The van der Waals surface area contributed by atoms with E-state index in [1.165, 1.54) is 0 Å². The Morgan fingerprint density at radius 3 is 2.44 bits per heavy atom. The van der Waals surface area contributed by atoms with Crippen LogP contribution in [0.2, 0.25) is 0 Å². The summed E-state index contributed by atoms with van der Waals surface area (Å²) in [4.78, 5) is 19.6. The second kappa shape index (κ2) is 7.22. The summed E-state index contributed by atoms with van der Waals surface area (Å²) in [5.41, 5.74) is 2.82. The van der Waals surface area contributed by atoms with Gasteiger partial charge in [0.1, 0.15) is 5.82 Å². The number of benzene rings is 1. The molecule has 1 amide bonds. The minimum absolute atomic E-state index is 0.0560. The van der Waals surface area contributed by atoms with Crippen molar-refractivity contribution >= 4 is 17.9 Å². The zero-order chi connectivity index (χ0) is 19.8. The van der Waals surface area contributed by atoms with Crippen LogP contribution in [0.3, 0.4) is 0 Å². The fourth-order valence-electron chi connectivity index (χ4n) is 3.33. The van der Waals surface area contributed by atoms with Gasteiger partial charge in [-0.3, -0.25) is 4.79 Å². The molecule has 0 saturated heterocycles. The molecule has 5 nitrogen and oxygen atoms in total. The predicted octanol–water partition coefficient (Wildman–Crippen LogP) is 4.16. The van der Waals surface area contributed by atoms with Crippen molar-refractivity contribution in [2.75, 3.05) is 11.4 Å². The molecule has 2 aromatic rings. The zero-order valence-electron chi connectivity index (χ0n) is 17.2. The number of amides is 1. The highest BCUT2D eigenvalue weighted by molar-refractivity contribution is 5.95. The topological polar surface area (TPSA) is 49.6 Å². The predicted molar refractivity (Wildman–Crippen MR) is 112 cm³/mol. The fraction of sp³-hybridized carbons (Fsp3) is 0.455. The molecule has 0 saturated carbocycles. The van der Waals surface area contributed by atoms with E-state index in [9.17, 15) is 4.79 Å². The van der Waals surface area contributed by atoms with E-state index in [2.05, 4.69) is 66.7 Å². The average Bonchev–Trinajstić information content (AvgIpc) is 3.02. The van der Waals surface area contributed by atoms with Gasteiger partial charge >= 0.3 is 0 Å². The van der Waals surface area contributed by atoms with Crippen LogP contribution < -0.4 is 10.2 Å². The van der Waals surface area contributed by atoms with E-state index in [0.717, 1.165) is 23.5 Å². The van der Waals surface area contributed by atoms with Crippen molar-refractivity contribution < 1.29 is 4.79 Å². The summed E-state index contributed by atoms with van der Waals surface area (Å²) in [5.74, 6) is 1.44. The molecule has 5 heteroatoms. The Labute approximate surface area is 162 Å². The third-order valence-corrected chi connectivity index (χ3v) is 4.67. The number of aryl methyl sites for hydroxylation is 1. The molecule has 0 aliphatic carbocycles. The minimum Gasteiger partial charge on any atom is -0.329 e. The number of hydrogen-bond acceptors (Lipinski definition) is 3. The molecular weight excluding hydrogens is 336 g/mol. The summed E-state index contributed by atoms with van der Waals surface area (Å²) < 4.78 is 2.26. The second-order valence-corrected chi connectivity index (χ2v) is 8.67. The molecule has 3 rings (SSSR count). The minimum atomic E-state index is -0.412. The van der Waals surface area contributed by atoms with Crippen LogP contribution in [-0.4, -0.2) is 29.5 Å². The van der Waals surface area contributed by atoms with Crippen molar-refractivity contribution in [2.24, 2.45) is 10.9 Å². The molecule has 1 atom stereocenters. The number of nitrogens with one attached hydrogen (secondary N) is 1. The van der Waals surface area contributed by atoms with Crippen LogP contribution in [-0.2, 0) is 5.54 Å². The van der Waals surface area contributed by atoms with Gasteiger partial charge in [-0.1, -0.05) is 31.5 Å². The van der Waals surface area contributed by atoms with Crippen molar-refractivity contribution in [1.29, 1.82) is 0 Å². The second-order valence-electron chi connectivity index (χ2n) is 8.67. The molecule has 0 fully saturated rings. The summed E-state index contributed by atoms with van der Waals surface area (Å²) in [5, 5.41) is 3.10. The number of aliphatic imine (C=N–C) groups is 1. The first-order valence-electron chi connectivity index (χ1n) is 9.56. The van der Waals surface area contributed by atoms with Crippen LogP contribution in [0, 0.1) is 12.8 Å². The van der Waals surface area contributed by atoms with Crippen molar-refractivity contribution in [3.8, 4) is 0 Å². The van der Waals surface area contributed by atoms with Gasteiger partial charge in [0, 0.05) is 35.6 Å². The van der Waals surface area contributed by atoms with E-state index >= 15 is 0 Å². The van der Waals surface area contributed by atoms with Crippen LogP contribution in [0.15, 0.2) is 41.5 Å². The van der Waals surface area contributed by atoms with Crippen molar-refractivity contribution in [3.05, 3.63) is 53.2 Å². The maximum atomic E-state index is 12.8. The Morgan fingerprint density at radius 1 is 1.19 bits per heavy atom. The maximum absolute atomic E-state index is 12.8. The Hall–Kier alpha value is -2.56. The molecule has 1 N–H and O–H groups in total. The Balaban J connectivity index is 1.92. The highest BCUT2D eigenvalue weighted by Gasteiger charge is 2.31. The normalized spacial score (nSPS) is 16.6. The molecular formula is C22H30N4O. The Kier molecular flexibility index (Phi) is 5.13. The molecule has 1 aromatic heterocycles. The number of hydrogen-bond donors (Lipinski definition) is 1. The number of nitrogens with zero attached hydrogens (tertiary/aromatic N) is 3. The molecule has 2 heterocycles. The van der Waals surface area contributed by atoms with Gasteiger partial charge in [-0.25, -0.2) is 4.99 Å². The summed E-state index contributed by atoms with van der Waals surface area (Å²) in [7, 11) is 0. The quantitative estimate of drug-likeness (QED) is 0.883. The SMILES string of the molecule is Cc1ccc(C(=O)NC2N=Cc3ccn(C(C)(C)C)c3N2CC(C)C)cc1. The van der Waals surface area contributed by atoms with Crippen LogP contribution >= 0.6 is 0 Å². The lowest BCUT2D eigenvalue weighted by Crippen LogP contribution is -2.51. The standard InChI is InChI=1S/C22H30N4O/c1-15(2)14-25-20-18(11-12-26(20)22(4,5)6)13-23-21(25)24-19(27)17-9-7-16(3)8-10-17/h7-13,15,21H,14H2,1-6H3,(H,24,27). The van der Waals surface area contributed by atoms with Gasteiger partial charge in [0.25, 0.3) is 5.91 Å². The number of fused-ring (bicyclic) bond motifs is 1. The molecule has 1 aliphatic heterocycles. The third-order valence-electron chi connectivity index (χ3n) is 4.67. The van der Waals surface area contributed by atoms with E-state index in [1.54, 1.807) is 0 Å². The van der Waals surface area contributed by atoms with Crippen LogP contribution in [0.25, 0.3) is 0 Å². The number of aromatic nitrogens is 1. The Morgan fingerprint density at radius 2 is 1.85 bits per heavy atom. The van der Waals surface area contributed by atoms with Gasteiger partial charge in [-0.05, 0) is 51.8 Å². The lowest BCUT2D eigenvalue weighted by molar-refractivity contribution is 0.0936. The monoisotopic (exact) mass is 366 g/mol. The van der Waals surface area contributed by atoms with Gasteiger partial charge in [0.15, 0.2) is 6.29 Å². The molecule has 0 radical (unpaired) electrons. The number of rotatable bonds is 4. The first kappa shape index (κ1) is 19.2. The third kappa shape index (κ3) is 4.07. The first-order valence-corrected chi connectivity index (χ1v) is 9.56.